The Hall–Kier alpha value is -0.980. The number of aromatic nitrogens is 2. The van der Waals surface area contributed by atoms with Crippen LogP contribution in [0.2, 0.25) is 0 Å². The Morgan fingerprint density at radius 1 is 1.35 bits per heavy atom. The number of anilines is 1. The average Bonchev–Trinajstić information content (AvgIpc) is 2.71. The fraction of sp³-hybridized carbons (Fsp3) is 0.273. The van der Waals surface area contributed by atoms with Crippen molar-refractivity contribution in [1.82, 2.24) is 15.3 Å². The van der Waals surface area contributed by atoms with E-state index in [1.54, 1.807) is 11.3 Å². The molecule has 1 aliphatic rings. The zero-order chi connectivity index (χ0) is 11.7. The summed E-state index contributed by atoms with van der Waals surface area (Å²) in [7, 11) is 0. The molecular weight excluding hydrogens is 300 g/mol. The molecule has 1 fully saturated rings. The highest BCUT2D eigenvalue weighted by molar-refractivity contribution is 9.10. The lowest BCUT2D eigenvalue weighted by molar-refractivity contribution is 0.470. The molecule has 1 saturated heterocycles. The Morgan fingerprint density at radius 2 is 2.12 bits per heavy atom. The van der Waals surface area contributed by atoms with Crippen LogP contribution in [0.1, 0.15) is 0 Å². The summed E-state index contributed by atoms with van der Waals surface area (Å²) in [4.78, 5) is 9.83. The van der Waals surface area contributed by atoms with Crippen molar-refractivity contribution in [1.29, 1.82) is 0 Å². The number of thiophene rings is 1. The van der Waals surface area contributed by atoms with Crippen LogP contribution in [0.3, 0.4) is 0 Å². The monoisotopic (exact) mass is 310 g/mol. The first-order valence-electron chi connectivity index (χ1n) is 5.35. The van der Waals surface area contributed by atoms with Gasteiger partial charge in [-0.3, -0.25) is 0 Å². The first-order valence-corrected chi connectivity index (χ1v) is 7.02. The normalized spacial score (nSPS) is 15.6. The molecule has 4 nitrogen and oxygen atoms in total. The minimum absolute atomic E-state index is 0.469. The van der Waals surface area contributed by atoms with Crippen molar-refractivity contribution >= 4 is 33.2 Å². The fourth-order valence-corrected chi connectivity index (χ4v) is 2.97. The topological polar surface area (TPSA) is 49.8 Å². The average molecular weight is 311 g/mol. The van der Waals surface area contributed by atoms with E-state index in [2.05, 4.69) is 48.0 Å². The van der Waals surface area contributed by atoms with E-state index in [0.29, 0.717) is 12.0 Å². The highest BCUT2D eigenvalue weighted by Crippen LogP contribution is 2.29. The van der Waals surface area contributed by atoms with Gasteiger partial charge in [-0.15, -0.1) is 11.3 Å². The van der Waals surface area contributed by atoms with Gasteiger partial charge in [0.25, 0.3) is 0 Å². The van der Waals surface area contributed by atoms with Gasteiger partial charge in [0.2, 0.25) is 5.95 Å². The van der Waals surface area contributed by atoms with Gasteiger partial charge in [-0.1, -0.05) is 0 Å². The number of nitrogens with zero attached hydrogens (tertiary/aromatic N) is 2. The van der Waals surface area contributed by atoms with E-state index in [9.17, 15) is 0 Å². The van der Waals surface area contributed by atoms with Crippen LogP contribution in [0.25, 0.3) is 10.4 Å². The van der Waals surface area contributed by atoms with E-state index in [0.717, 1.165) is 23.1 Å². The molecule has 2 aromatic heterocycles. The van der Waals surface area contributed by atoms with Gasteiger partial charge in [-0.2, -0.15) is 0 Å². The molecule has 0 amide bonds. The highest BCUT2D eigenvalue weighted by Gasteiger charge is 2.16. The van der Waals surface area contributed by atoms with Gasteiger partial charge in [-0.05, 0) is 22.0 Å². The third-order valence-corrected chi connectivity index (χ3v) is 4.36. The summed E-state index contributed by atoms with van der Waals surface area (Å²) in [6.07, 6.45) is 3.72. The van der Waals surface area contributed by atoms with E-state index in [4.69, 9.17) is 0 Å². The van der Waals surface area contributed by atoms with Crippen LogP contribution in [-0.4, -0.2) is 29.1 Å². The Labute approximate surface area is 112 Å². The summed E-state index contributed by atoms with van der Waals surface area (Å²) >= 11 is 5.12. The highest BCUT2D eigenvalue weighted by atomic mass is 79.9. The maximum atomic E-state index is 4.33. The molecule has 0 atom stereocenters. The number of hydrogen-bond acceptors (Lipinski definition) is 5. The predicted molar refractivity (Wildman–Crippen MR) is 73.3 cm³/mol. The second-order valence-electron chi connectivity index (χ2n) is 3.92. The van der Waals surface area contributed by atoms with Crippen LogP contribution in [0.4, 0.5) is 5.95 Å². The molecule has 0 unspecified atom stereocenters. The van der Waals surface area contributed by atoms with Crippen molar-refractivity contribution < 1.29 is 0 Å². The zero-order valence-corrected chi connectivity index (χ0v) is 11.4. The summed E-state index contributed by atoms with van der Waals surface area (Å²) in [5.74, 6) is 0.705. The van der Waals surface area contributed by atoms with Crippen LogP contribution in [0.5, 0.6) is 0 Å². The molecule has 2 N–H and O–H groups in total. The molecule has 0 aromatic carbocycles. The lowest BCUT2D eigenvalue weighted by Crippen LogP contribution is -2.51. The first-order chi connectivity index (χ1) is 8.31. The molecular formula is C11H11BrN4S. The van der Waals surface area contributed by atoms with E-state index in [-0.39, 0.29) is 0 Å². The number of rotatable bonds is 3. The Balaban J connectivity index is 1.75. The van der Waals surface area contributed by atoms with E-state index in [1.807, 2.05) is 12.4 Å². The molecule has 0 radical (unpaired) electrons. The maximum Gasteiger partial charge on any atom is 0.222 e. The van der Waals surface area contributed by atoms with Crippen LogP contribution in [-0.2, 0) is 0 Å². The molecule has 0 bridgehead atoms. The second kappa shape index (κ2) is 4.72. The van der Waals surface area contributed by atoms with E-state index >= 15 is 0 Å². The van der Waals surface area contributed by atoms with Crippen molar-refractivity contribution in [2.24, 2.45) is 0 Å². The van der Waals surface area contributed by atoms with Crippen molar-refractivity contribution in [3.63, 3.8) is 0 Å². The molecule has 3 heterocycles. The zero-order valence-electron chi connectivity index (χ0n) is 8.98. The number of nitrogens with one attached hydrogen (secondary N) is 2. The van der Waals surface area contributed by atoms with Gasteiger partial charge >= 0.3 is 0 Å². The lowest BCUT2D eigenvalue weighted by Gasteiger charge is -2.27. The van der Waals surface area contributed by atoms with Gasteiger partial charge in [0, 0.05) is 45.8 Å². The van der Waals surface area contributed by atoms with E-state index < -0.39 is 0 Å². The minimum atomic E-state index is 0.469. The molecule has 3 rings (SSSR count). The van der Waals surface area contributed by atoms with Crippen LogP contribution in [0.15, 0.2) is 28.3 Å². The molecule has 0 saturated carbocycles. The SMILES string of the molecule is Brc1csc(-c2cnc(NC3CNC3)nc2)c1. The lowest BCUT2D eigenvalue weighted by atomic mass is 10.2. The smallest absolute Gasteiger partial charge is 0.222 e. The van der Waals surface area contributed by atoms with Crippen molar-refractivity contribution in [2.45, 2.75) is 6.04 Å². The Morgan fingerprint density at radius 3 is 2.65 bits per heavy atom. The van der Waals surface area contributed by atoms with Gasteiger partial charge < -0.3 is 10.6 Å². The number of halogens is 1. The summed E-state index contributed by atoms with van der Waals surface area (Å²) < 4.78 is 1.10. The van der Waals surface area contributed by atoms with Gasteiger partial charge in [0.15, 0.2) is 0 Å². The maximum absolute atomic E-state index is 4.33. The van der Waals surface area contributed by atoms with Crippen molar-refractivity contribution in [3.8, 4) is 10.4 Å². The quantitative estimate of drug-likeness (QED) is 0.913. The Kier molecular flexibility index (Phi) is 3.09. The van der Waals surface area contributed by atoms with Crippen molar-refractivity contribution in [3.05, 3.63) is 28.3 Å². The largest absolute Gasteiger partial charge is 0.349 e. The minimum Gasteiger partial charge on any atom is -0.349 e. The molecule has 6 heteroatoms. The van der Waals surface area contributed by atoms with Crippen LogP contribution < -0.4 is 10.6 Å². The van der Waals surface area contributed by atoms with Gasteiger partial charge in [-0.25, -0.2) is 9.97 Å². The molecule has 0 spiro atoms. The Bertz CT molecular complexity index is 506. The summed E-state index contributed by atoms with van der Waals surface area (Å²) in [6.45, 7) is 1.98. The summed E-state index contributed by atoms with van der Waals surface area (Å²) in [6, 6.07) is 2.54. The van der Waals surface area contributed by atoms with Gasteiger partial charge in [0.1, 0.15) is 0 Å². The van der Waals surface area contributed by atoms with Crippen LogP contribution in [0, 0.1) is 0 Å². The number of hydrogen-bond donors (Lipinski definition) is 2. The van der Waals surface area contributed by atoms with Crippen molar-refractivity contribution in [2.75, 3.05) is 18.4 Å². The first kappa shape index (κ1) is 11.1. The predicted octanol–water partition coefficient (Wildman–Crippen LogP) is 2.35. The van der Waals surface area contributed by atoms with Crippen LogP contribution >= 0.6 is 27.3 Å². The van der Waals surface area contributed by atoms with E-state index in [1.165, 1.54) is 4.88 Å². The summed E-state index contributed by atoms with van der Waals surface area (Å²) in [5.41, 5.74) is 1.05. The molecule has 1 aliphatic heterocycles. The molecule has 88 valence electrons. The molecule has 17 heavy (non-hydrogen) atoms. The van der Waals surface area contributed by atoms with Gasteiger partial charge in [0.05, 0.1) is 6.04 Å². The summed E-state index contributed by atoms with van der Waals surface area (Å²) in [5, 5.41) is 8.53. The third kappa shape index (κ3) is 2.48. The molecule has 2 aromatic rings. The third-order valence-electron chi connectivity index (χ3n) is 2.62. The molecule has 0 aliphatic carbocycles. The standard InChI is InChI=1S/C11H11BrN4S/c12-8-1-10(17-6-8)7-2-14-11(15-3-7)16-9-4-13-5-9/h1-3,6,9,13H,4-5H2,(H,14,15,16). The second-order valence-corrected chi connectivity index (χ2v) is 5.75. The fourth-order valence-electron chi connectivity index (χ4n) is 1.57.